The van der Waals surface area contributed by atoms with Gasteiger partial charge in [0.15, 0.2) is 11.2 Å². The van der Waals surface area contributed by atoms with E-state index >= 15 is 0 Å². The number of aromatic nitrogens is 2. The minimum absolute atomic E-state index is 0.587. The van der Waals surface area contributed by atoms with Crippen LogP contribution in [-0.4, -0.2) is 9.97 Å². The van der Waals surface area contributed by atoms with Crippen molar-refractivity contribution in [3.63, 3.8) is 0 Å². The molecule has 0 aliphatic heterocycles. The highest BCUT2D eigenvalue weighted by atomic mass is 16.4. The van der Waals surface area contributed by atoms with E-state index in [0.29, 0.717) is 11.8 Å². The maximum Gasteiger partial charge on any atom is 0.227 e. The normalized spacial score (nSPS) is 11.3. The van der Waals surface area contributed by atoms with Crippen LogP contribution >= 0.6 is 0 Å². The van der Waals surface area contributed by atoms with Crippen LogP contribution in [0.3, 0.4) is 0 Å². The van der Waals surface area contributed by atoms with Crippen molar-refractivity contribution in [2.75, 3.05) is 4.90 Å². The number of hydrogen-bond donors (Lipinski definition) is 0. The third-order valence-electron chi connectivity index (χ3n) is 9.94. The van der Waals surface area contributed by atoms with Crippen molar-refractivity contribution in [2.45, 2.75) is 0 Å². The maximum absolute atomic E-state index is 6.17. The summed E-state index contributed by atoms with van der Waals surface area (Å²) in [7, 11) is 0. The minimum atomic E-state index is 0.587. The first kappa shape index (κ1) is 32.2. The molecule has 0 N–H and O–H groups in total. The van der Waals surface area contributed by atoms with Crippen LogP contribution in [0.1, 0.15) is 0 Å². The molecule has 0 aliphatic carbocycles. The van der Waals surface area contributed by atoms with E-state index in [1.165, 1.54) is 0 Å². The number of para-hydroxylation sites is 4. The largest absolute Gasteiger partial charge is 0.436 e. The first-order chi connectivity index (χ1) is 27.2. The van der Waals surface area contributed by atoms with E-state index < -0.39 is 0 Å². The zero-order valence-corrected chi connectivity index (χ0v) is 29.7. The third-order valence-corrected chi connectivity index (χ3v) is 9.94. The lowest BCUT2D eigenvalue weighted by Crippen LogP contribution is -2.13. The van der Waals surface area contributed by atoms with Gasteiger partial charge in [-0.2, -0.15) is 0 Å². The Morgan fingerprint density at radius 3 is 1.13 bits per heavy atom. The lowest BCUT2D eigenvalue weighted by Gasteiger charge is -2.31. The second kappa shape index (κ2) is 13.8. The Labute approximate surface area is 318 Å². The summed E-state index contributed by atoms with van der Waals surface area (Å²) in [6, 6.07) is 69.2. The molecule has 0 atom stereocenters. The number of anilines is 3. The lowest BCUT2D eigenvalue weighted by atomic mass is 9.89. The van der Waals surface area contributed by atoms with Gasteiger partial charge in [0.25, 0.3) is 0 Å². The quantitative estimate of drug-likeness (QED) is 0.157. The Bertz CT molecular complexity index is 2650. The highest BCUT2D eigenvalue weighted by Gasteiger charge is 2.24. The zero-order valence-electron chi connectivity index (χ0n) is 29.7. The van der Waals surface area contributed by atoms with Gasteiger partial charge in [-0.05, 0) is 107 Å². The topological polar surface area (TPSA) is 55.3 Å². The predicted octanol–water partition coefficient (Wildman–Crippen LogP) is 13.8. The number of oxazole rings is 2. The molecule has 0 saturated heterocycles. The van der Waals surface area contributed by atoms with Crippen LogP contribution in [0.15, 0.2) is 209 Å². The predicted molar refractivity (Wildman–Crippen MR) is 223 cm³/mol. The average Bonchev–Trinajstić information content (AvgIpc) is 3.91. The first-order valence-corrected chi connectivity index (χ1v) is 18.3. The number of benzene rings is 8. The SMILES string of the molecule is c1ccc(-c2cc(-c3ccccc3)c(N(c3ccc(-c4nc5ccccc5o4)cc3)c3ccc(-c4nc5ccccc5o4)cc3)c(-c3ccccc3)c2)cc1. The van der Waals surface area contributed by atoms with E-state index in [4.69, 9.17) is 18.8 Å². The van der Waals surface area contributed by atoms with Crippen molar-refractivity contribution in [3.8, 4) is 56.3 Å². The van der Waals surface area contributed by atoms with Gasteiger partial charge in [-0.1, -0.05) is 115 Å². The molecule has 0 spiro atoms. The Hall–Kier alpha value is -7.50. The van der Waals surface area contributed by atoms with E-state index in [0.717, 1.165) is 83.8 Å². The van der Waals surface area contributed by atoms with Gasteiger partial charge < -0.3 is 13.7 Å². The minimum Gasteiger partial charge on any atom is -0.436 e. The van der Waals surface area contributed by atoms with Crippen molar-refractivity contribution in [3.05, 3.63) is 200 Å². The van der Waals surface area contributed by atoms with E-state index in [9.17, 15) is 0 Å². The fourth-order valence-corrected chi connectivity index (χ4v) is 7.25. The van der Waals surface area contributed by atoms with Gasteiger partial charge >= 0.3 is 0 Å². The van der Waals surface area contributed by atoms with Gasteiger partial charge in [0, 0.05) is 33.6 Å². The zero-order chi connectivity index (χ0) is 36.6. The van der Waals surface area contributed by atoms with Crippen LogP contribution in [0.2, 0.25) is 0 Å². The van der Waals surface area contributed by atoms with Crippen molar-refractivity contribution in [1.82, 2.24) is 9.97 Å². The molecule has 2 heterocycles. The molecule has 0 amide bonds. The molecule has 10 aromatic rings. The molecule has 0 radical (unpaired) electrons. The molecule has 0 unspecified atom stereocenters. The fourth-order valence-electron chi connectivity index (χ4n) is 7.25. The molecule has 0 saturated carbocycles. The van der Waals surface area contributed by atoms with E-state index in [2.05, 4.69) is 157 Å². The summed E-state index contributed by atoms with van der Waals surface area (Å²) in [5.41, 5.74) is 14.7. The Balaban J connectivity index is 1.20. The molecule has 5 nitrogen and oxygen atoms in total. The molecule has 2 aromatic heterocycles. The van der Waals surface area contributed by atoms with Crippen LogP contribution in [0, 0.1) is 0 Å². The Morgan fingerprint density at radius 1 is 0.327 bits per heavy atom. The van der Waals surface area contributed by atoms with Crippen molar-refractivity contribution in [2.24, 2.45) is 0 Å². The molecular weight excluding hydrogens is 675 g/mol. The summed E-state index contributed by atoms with van der Waals surface area (Å²) in [6.07, 6.45) is 0. The summed E-state index contributed by atoms with van der Waals surface area (Å²) in [5, 5.41) is 0. The molecule has 0 bridgehead atoms. The third kappa shape index (κ3) is 6.14. The molecular formula is C50H33N3O2. The maximum atomic E-state index is 6.17. The second-order valence-electron chi connectivity index (χ2n) is 13.4. The summed E-state index contributed by atoms with van der Waals surface area (Å²) in [6.45, 7) is 0. The highest BCUT2D eigenvalue weighted by Crippen LogP contribution is 2.49. The van der Waals surface area contributed by atoms with Crippen LogP contribution in [0.5, 0.6) is 0 Å². The smallest absolute Gasteiger partial charge is 0.227 e. The molecule has 0 aliphatic rings. The van der Waals surface area contributed by atoms with Gasteiger partial charge in [0.2, 0.25) is 11.8 Å². The molecule has 0 fully saturated rings. The summed E-state index contributed by atoms with van der Waals surface area (Å²) in [5.74, 6) is 1.17. The second-order valence-corrected chi connectivity index (χ2v) is 13.4. The van der Waals surface area contributed by atoms with Gasteiger partial charge in [0.1, 0.15) is 11.0 Å². The Morgan fingerprint density at radius 2 is 0.709 bits per heavy atom. The number of nitrogens with zero attached hydrogens (tertiary/aromatic N) is 3. The van der Waals surface area contributed by atoms with E-state index in [-0.39, 0.29) is 0 Å². The van der Waals surface area contributed by atoms with Crippen LogP contribution < -0.4 is 4.90 Å². The molecule has 260 valence electrons. The number of fused-ring (bicyclic) bond motifs is 2. The van der Waals surface area contributed by atoms with E-state index in [1.54, 1.807) is 0 Å². The van der Waals surface area contributed by atoms with Crippen molar-refractivity contribution in [1.29, 1.82) is 0 Å². The summed E-state index contributed by atoms with van der Waals surface area (Å²) < 4.78 is 12.3. The number of hydrogen-bond acceptors (Lipinski definition) is 5. The van der Waals surface area contributed by atoms with Gasteiger partial charge in [-0.3, -0.25) is 0 Å². The standard InChI is InChI=1S/C50H33N3O2/c1-4-14-34(15-5-1)39-32-42(35-16-6-2-7-17-35)48(43(33-39)36-18-8-3-9-19-36)53(40-28-24-37(25-29-40)49-51-44-20-10-12-22-46(44)54-49)41-30-26-38(27-31-41)50-52-45-21-11-13-23-47(45)55-50/h1-33H. The molecule has 55 heavy (non-hydrogen) atoms. The van der Waals surface area contributed by atoms with Crippen LogP contribution in [0.4, 0.5) is 17.1 Å². The monoisotopic (exact) mass is 707 g/mol. The first-order valence-electron chi connectivity index (χ1n) is 18.3. The van der Waals surface area contributed by atoms with Gasteiger partial charge in [-0.15, -0.1) is 0 Å². The molecule has 10 rings (SSSR count). The Kier molecular flexibility index (Phi) is 8.08. The average molecular weight is 708 g/mol. The lowest BCUT2D eigenvalue weighted by molar-refractivity contribution is 0.619. The van der Waals surface area contributed by atoms with Gasteiger partial charge in [0.05, 0.1) is 5.69 Å². The fraction of sp³-hybridized carbons (Fsp3) is 0. The van der Waals surface area contributed by atoms with Crippen molar-refractivity contribution < 1.29 is 8.83 Å². The van der Waals surface area contributed by atoms with Gasteiger partial charge in [-0.25, -0.2) is 9.97 Å². The molecule has 5 heteroatoms. The van der Waals surface area contributed by atoms with E-state index in [1.807, 2.05) is 48.5 Å². The highest BCUT2D eigenvalue weighted by molar-refractivity contribution is 6.00. The summed E-state index contributed by atoms with van der Waals surface area (Å²) in [4.78, 5) is 11.9. The van der Waals surface area contributed by atoms with Crippen LogP contribution in [0.25, 0.3) is 78.5 Å². The summed E-state index contributed by atoms with van der Waals surface area (Å²) >= 11 is 0. The number of rotatable bonds is 8. The van der Waals surface area contributed by atoms with Crippen molar-refractivity contribution >= 4 is 39.3 Å². The molecule has 8 aromatic carbocycles. The van der Waals surface area contributed by atoms with Crippen LogP contribution in [-0.2, 0) is 0 Å².